The zero-order valence-electron chi connectivity index (χ0n) is 10.5. The molecule has 0 amide bonds. The van der Waals surface area contributed by atoms with E-state index in [1.807, 2.05) is 0 Å². The predicted octanol–water partition coefficient (Wildman–Crippen LogP) is 4.12. The largest absolute Gasteiger partial charge is 0.447 e. The highest BCUT2D eigenvalue weighted by Crippen LogP contribution is 2.67. The fraction of sp³-hybridized carbons (Fsp3) is 0.875. The average Bonchev–Trinajstić information content (AvgIpc) is 2.34. The highest BCUT2D eigenvalue weighted by atomic mass is 19.4. The van der Waals surface area contributed by atoms with Crippen LogP contribution in [0.25, 0.3) is 0 Å². The summed E-state index contributed by atoms with van der Waals surface area (Å²) in [6.07, 6.45) is -7.58. The average molecular weight is 411 g/mol. The molecule has 0 saturated carbocycles. The van der Waals surface area contributed by atoms with E-state index < -0.39 is 52.8 Å². The third kappa shape index (κ3) is 2.09. The summed E-state index contributed by atoms with van der Waals surface area (Å²) in [5, 5.41) is 0. The van der Waals surface area contributed by atoms with E-state index in [-0.39, 0.29) is 0 Å². The lowest BCUT2D eigenvalue weighted by atomic mass is 9.91. The SMILES string of the molecule is O=C(F)C(F)(N1C(F)(F)C(F)(F)C(F)(F)C(F)(F)C1(F)F)C(F)(F)F. The normalized spacial score (nSPS) is 29.7. The van der Waals surface area contributed by atoms with Crippen molar-refractivity contribution in [3.05, 3.63) is 0 Å². The zero-order chi connectivity index (χ0) is 20.7. The Labute approximate surface area is 125 Å². The molecule has 0 spiro atoms. The first-order valence-electron chi connectivity index (χ1n) is 5.21. The standard InChI is InChI=1S/C8F15NO/c9-1(25)2(10,6(17,18)19)24-7(20,21)4(13,14)3(11,12)5(15,16)8(24,22)23. The van der Waals surface area contributed by atoms with Crippen LogP contribution in [0.3, 0.4) is 0 Å². The van der Waals surface area contributed by atoms with Crippen molar-refractivity contribution in [1.82, 2.24) is 4.90 Å². The van der Waals surface area contributed by atoms with E-state index in [0.29, 0.717) is 0 Å². The number of rotatable bonds is 2. The molecule has 148 valence electrons. The molecule has 0 aromatic heterocycles. The predicted molar refractivity (Wildman–Crippen MR) is 42.6 cm³/mol. The van der Waals surface area contributed by atoms with Gasteiger partial charge in [0.25, 0.3) is 0 Å². The van der Waals surface area contributed by atoms with E-state index in [9.17, 15) is 70.7 Å². The number of likely N-dealkylation sites (tertiary alicyclic amines) is 1. The van der Waals surface area contributed by atoms with Crippen LogP contribution in [0.4, 0.5) is 65.9 Å². The minimum Gasteiger partial charge on any atom is -0.255 e. The summed E-state index contributed by atoms with van der Waals surface area (Å²) in [4.78, 5) is 5.79. The lowest BCUT2D eigenvalue weighted by Crippen LogP contribution is -2.86. The van der Waals surface area contributed by atoms with Crippen molar-refractivity contribution in [2.24, 2.45) is 0 Å². The first-order chi connectivity index (χ1) is 10.6. The van der Waals surface area contributed by atoms with Gasteiger partial charge in [0.1, 0.15) is 0 Å². The molecule has 1 heterocycles. The van der Waals surface area contributed by atoms with Gasteiger partial charge in [-0.15, -0.1) is 4.90 Å². The minimum atomic E-state index is -7.80. The van der Waals surface area contributed by atoms with Gasteiger partial charge in [-0.1, -0.05) is 0 Å². The number of piperidine rings is 1. The molecule has 1 aliphatic rings. The van der Waals surface area contributed by atoms with Crippen molar-refractivity contribution in [2.75, 3.05) is 0 Å². The number of halogens is 15. The van der Waals surface area contributed by atoms with Crippen LogP contribution in [0.15, 0.2) is 0 Å². The van der Waals surface area contributed by atoms with Gasteiger partial charge < -0.3 is 0 Å². The molecule has 0 aromatic carbocycles. The number of carbonyl (C=O) groups excluding carboxylic acids is 1. The molecule has 1 saturated heterocycles. The van der Waals surface area contributed by atoms with E-state index in [1.165, 1.54) is 0 Å². The Balaban J connectivity index is 4.01. The van der Waals surface area contributed by atoms with Crippen LogP contribution in [0.5, 0.6) is 0 Å². The van der Waals surface area contributed by atoms with Crippen molar-refractivity contribution in [1.29, 1.82) is 0 Å². The second-order valence-electron chi connectivity index (χ2n) is 4.53. The monoisotopic (exact) mass is 411 g/mol. The molecule has 0 aromatic rings. The van der Waals surface area contributed by atoms with Crippen LogP contribution in [0.1, 0.15) is 0 Å². The number of carbonyl (C=O) groups is 1. The summed E-state index contributed by atoms with van der Waals surface area (Å²) in [5.74, 6) is -30.8. The van der Waals surface area contributed by atoms with Crippen molar-refractivity contribution in [3.63, 3.8) is 0 Å². The molecule has 2 nitrogen and oxygen atoms in total. The molecule has 1 unspecified atom stereocenters. The number of alkyl halides is 14. The molecular weight excluding hydrogens is 411 g/mol. The fourth-order valence-electron chi connectivity index (χ4n) is 1.75. The third-order valence-corrected chi connectivity index (χ3v) is 3.05. The molecule has 25 heavy (non-hydrogen) atoms. The maximum Gasteiger partial charge on any atom is 0.447 e. The van der Waals surface area contributed by atoms with Gasteiger partial charge in [0.15, 0.2) is 0 Å². The molecule has 1 aliphatic heterocycles. The summed E-state index contributed by atoms with van der Waals surface area (Å²) < 4.78 is 193. The number of nitrogens with zero attached hydrogens (tertiary/aromatic N) is 1. The Bertz CT molecular complexity index is 549. The maximum atomic E-state index is 13.4. The lowest BCUT2D eigenvalue weighted by molar-refractivity contribution is -0.534. The van der Waals surface area contributed by atoms with E-state index >= 15 is 0 Å². The fourth-order valence-corrected chi connectivity index (χ4v) is 1.75. The first-order valence-corrected chi connectivity index (χ1v) is 5.21. The molecule has 1 rings (SSSR count). The molecule has 0 radical (unpaired) electrons. The van der Waals surface area contributed by atoms with E-state index in [2.05, 4.69) is 0 Å². The molecule has 0 aliphatic carbocycles. The van der Waals surface area contributed by atoms with Crippen molar-refractivity contribution in [2.45, 2.75) is 41.8 Å². The van der Waals surface area contributed by atoms with Crippen LogP contribution < -0.4 is 0 Å². The van der Waals surface area contributed by atoms with Crippen molar-refractivity contribution in [3.8, 4) is 0 Å². The van der Waals surface area contributed by atoms with Gasteiger partial charge in [0.05, 0.1) is 0 Å². The van der Waals surface area contributed by atoms with Crippen LogP contribution >= 0.6 is 0 Å². The quantitative estimate of drug-likeness (QED) is 0.387. The van der Waals surface area contributed by atoms with E-state index in [4.69, 9.17) is 0 Å². The van der Waals surface area contributed by atoms with Crippen LogP contribution in [0, 0.1) is 0 Å². The van der Waals surface area contributed by atoms with Crippen LogP contribution in [-0.2, 0) is 4.79 Å². The summed E-state index contributed by atoms with van der Waals surface area (Å²) >= 11 is 0. The van der Waals surface area contributed by atoms with Crippen molar-refractivity contribution < 1.29 is 70.7 Å². The van der Waals surface area contributed by atoms with Gasteiger partial charge in [-0.2, -0.15) is 61.5 Å². The van der Waals surface area contributed by atoms with Crippen LogP contribution in [0.2, 0.25) is 0 Å². The van der Waals surface area contributed by atoms with Gasteiger partial charge >= 0.3 is 47.9 Å². The first kappa shape index (κ1) is 21.6. The Hall–Kier alpha value is -1.42. The second kappa shape index (κ2) is 4.85. The Kier molecular flexibility index (Phi) is 4.19. The summed E-state index contributed by atoms with van der Waals surface area (Å²) in [6.45, 7) is 0. The molecule has 17 heteroatoms. The minimum absolute atomic E-state index is 4.23. The summed E-state index contributed by atoms with van der Waals surface area (Å²) in [6, 6.07) is -20.5. The van der Waals surface area contributed by atoms with Gasteiger partial charge in [-0.3, -0.25) is 4.79 Å². The van der Waals surface area contributed by atoms with E-state index in [0.717, 1.165) is 0 Å². The molecule has 1 fully saturated rings. The van der Waals surface area contributed by atoms with Gasteiger partial charge in [-0.25, -0.2) is 4.39 Å². The third-order valence-electron chi connectivity index (χ3n) is 3.05. The number of hydrogen-bond acceptors (Lipinski definition) is 2. The second-order valence-corrected chi connectivity index (χ2v) is 4.53. The van der Waals surface area contributed by atoms with Gasteiger partial charge in [0.2, 0.25) is 0 Å². The maximum absolute atomic E-state index is 13.4. The Morgan fingerprint density at radius 3 is 1.12 bits per heavy atom. The highest BCUT2D eigenvalue weighted by Gasteiger charge is 2.99. The Morgan fingerprint density at radius 2 is 0.920 bits per heavy atom. The van der Waals surface area contributed by atoms with Gasteiger partial charge in [-0.05, 0) is 0 Å². The highest BCUT2D eigenvalue weighted by molar-refractivity contribution is 5.79. The van der Waals surface area contributed by atoms with Gasteiger partial charge in [0, 0.05) is 0 Å². The summed E-state index contributed by atoms with van der Waals surface area (Å²) in [7, 11) is 0. The summed E-state index contributed by atoms with van der Waals surface area (Å²) in [5.41, 5.74) is 0. The number of hydrogen-bond donors (Lipinski definition) is 0. The lowest BCUT2D eigenvalue weighted by Gasteiger charge is -2.53. The molecule has 1 atom stereocenters. The smallest absolute Gasteiger partial charge is 0.255 e. The van der Waals surface area contributed by atoms with E-state index in [1.54, 1.807) is 0 Å². The van der Waals surface area contributed by atoms with Crippen molar-refractivity contribution >= 4 is 6.04 Å². The Morgan fingerprint density at radius 1 is 0.640 bits per heavy atom. The van der Waals surface area contributed by atoms with Crippen LogP contribution in [-0.4, -0.2) is 52.8 Å². The molecule has 0 N–H and O–H groups in total. The molecule has 0 bridgehead atoms. The zero-order valence-corrected chi connectivity index (χ0v) is 10.5. The molecular formula is C8F15NO. The topological polar surface area (TPSA) is 20.3 Å².